The van der Waals surface area contributed by atoms with Gasteiger partial charge in [-0.3, -0.25) is 14.0 Å². The van der Waals surface area contributed by atoms with E-state index < -0.39 is 10.8 Å². The summed E-state index contributed by atoms with van der Waals surface area (Å²) in [4.78, 5) is 17.4. The SMILES string of the molecule is CC[S@](=O)c1nc2[nH]c(=O)cc(N)n2n1. The number of aromatic amines is 1. The molecular weight excluding hydrogens is 218 g/mol. The normalized spacial score (nSPS) is 13.1. The summed E-state index contributed by atoms with van der Waals surface area (Å²) in [5, 5.41) is 4.11. The third-order valence-electron chi connectivity index (χ3n) is 1.81. The van der Waals surface area contributed by atoms with E-state index in [0.29, 0.717) is 5.75 Å². The number of hydrogen-bond donors (Lipinski definition) is 2. The molecule has 0 amide bonds. The summed E-state index contributed by atoms with van der Waals surface area (Å²) in [5.74, 6) is 0.790. The molecule has 0 unspecified atom stereocenters. The van der Waals surface area contributed by atoms with E-state index in [0.717, 1.165) is 0 Å². The van der Waals surface area contributed by atoms with Crippen LogP contribution in [0.2, 0.25) is 0 Å². The number of anilines is 1. The van der Waals surface area contributed by atoms with Gasteiger partial charge in [0, 0.05) is 11.8 Å². The van der Waals surface area contributed by atoms with Crippen molar-refractivity contribution in [1.82, 2.24) is 19.6 Å². The fourth-order valence-electron chi connectivity index (χ4n) is 1.12. The summed E-state index contributed by atoms with van der Waals surface area (Å²) in [6.45, 7) is 1.76. The lowest BCUT2D eigenvalue weighted by Crippen LogP contribution is -2.11. The largest absolute Gasteiger partial charge is 0.383 e. The lowest BCUT2D eigenvalue weighted by molar-refractivity contribution is 0.676. The number of nitrogens with zero attached hydrogens (tertiary/aromatic N) is 3. The van der Waals surface area contributed by atoms with Gasteiger partial charge in [-0.1, -0.05) is 6.92 Å². The third kappa shape index (κ3) is 1.63. The Balaban J connectivity index is 2.70. The zero-order chi connectivity index (χ0) is 11.0. The zero-order valence-corrected chi connectivity index (χ0v) is 8.74. The lowest BCUT2D eigenvalue weighted by atomic mass is 10.6. The highest BCUT2D eigenvalue weighted by molar-refractivity contribution is 7.84. The van der Waals surface area contributed by atoms with E-state index in [2.05, 4.69) is 15.1 Å². The van der Waals surface area contributed by atoms with Crippen molar-refractivity contribution in [3.05, 3.63) is 16.4 Å². The number of nitrogen functional groups attached to an aromatic ring is 1. The first-order chi connectivity index (χ1) is 7.11. The number of nitrogens with two attached hydrogens (primary N) is 1. The number of fused-ring (bicyclic) bond motifs is 1. The summed E-state index contributed by atoms with van der Waals surface area (Å²) < 4.78 is 12.7. The molecule has 0 aliphatic rings. The Morgan fingerprint density at radius 1 is 1.67 bits per heavy atom. The molecule has 0 aliphatic heterocycles. The highest BCUT2D eigenvalue weighted by Gasteiger charge is 2.11. The van der Waals surface area contributed by atoms with Crippen molar-refractivity contribution >= 4 is 22.4 Å². The van der Waals surface area contributed by atoms with Crippen LogP contribution in [0, 0.1) is 0 Å². The van der Waals surface area contributed by atoms with Crippen LogP contribution in [0.1, 0.15) is 6.92 Å². The van der Waals surface area contributed by atoms with E-state index in [1.165, 1.54) is 10.6 Å². The molecule has 0 bridgehead atoms. The molecule has 7 nitrogen and oxygen atoms in total. The van der Waals surface area contributed by atoms with Crippen LogP contribution in [-0.4, -0.2) is 29.5 Å². The van der Waals surface area contributed by atoms with Gasteiger partial charge < -0.3 is 5.73 Å². The highest BCUT2D eigenvalue weighted by Crippen LogP contribution is 2.05. The predicted octanol–water partition coefficient (Wildman–Crippen LogP) is -0.873. The minimum Gasteiger partial charge on any atom is -0.383 e. The Morgan fingerprint density at radius 2 is 2.40 bits per heavy atom. The van der Waals surface area contributed by atoms with Crippen molar-refractivity contribution in [2.24, 2.45) is 0 Å². The summed E-state index contributed by atoms with van der Waals surface area (Å²) in [5.41, 5.74) is 5.19. The molecule has 0 saturated heterocycles. The summed E-state index contributed by atoms with van der Waals surface area (Å²) >= 11 is 0. The number of aromatic nitrogens is 4. The first-order valence-corrected chi connectivity index (χ1v) is 5.57. The first kappa shape index (κ1) is 9.84. The lowest BCUT2D eigenvalue weighted by Gasteiger charge is -1.93. The maximum Gasteiger partial charge on any atom is 0.254 e. The Hall–Kier alpha value is -1.70. The highest BCUT2D eigenvalue weighted by atomic mass is 32.2. The number of hydrogen-bond acceptors (Lipinski definition) is 5. The second-order valence-electron chi connectivity index (χ2n) is 2.82. The average Bonchev–Trinajstić information content (AvgIpc) is 2.60. The average molecular weight is 227 g/mol. The molecule has 2 heterocycles. The molecule has 0 radical (unpaired) electrons. The number of H-pyrrole nitrogens is 1. The van der Waals surface area contributed by atoms with Gasteiger partial charge >= 0.3 is 0 Å². The summed E-state index contributed by atoms with van der Waals surface area (Å²) in [7, 11) is -1.26. The van der Waals surface area contributed by atoms with E-state index in [1.807, 2.05) is 0 Å². The molecule has 0 aliphatic carbocycles. The van der Waals surface area contributed by atoms with Crippen LogP contribution < -0.4 is 11.3 Å². The van der Waals surface area contributed by atoms with Crippen LogP contribution in [0.15, 0.2) is 16.0 Å². The minimum absolute atomic E-state index is 0.167. The second kappa shape index (κ2) is 3.46. The molecule has 8 heteroatoms. The van der Waals surface area contributed by atoms with Crippen molar-refractivity contribution in [1.29, 1.82) is 0 Å². The smallest absolute Gasteiger partial charge is 0.254 e. The second-order valence-corrected chi connectivity index (χ2v) is 4.46. The van der Waals surface area contributed by atoms with Gasteiger partial charge in [0.1, 0.15) is 5.82 Å². The molecule has 15 heavy (non-hydrogen) atoms. The molecule has 0 aromatic carbocycles. The standard InChI is InChI=1S/C7H9N5O2S/c1-2-15(14)7-10-6-9-5(13)3-4(8)12(6)11-7/h3H,2,8H2,1H3,(H,9,10,11,13)/t15-/m0/s1. The topological polar surface area (TPSA) is 106 Å². The maximum atomic E-state index is 11.4. The number of nitrogens with one attached hydrogen (secondary N) is 1. The van der Waals surface area contributed by atoms with Gasteiger partial charge in [0.25, 0.3) is 5.56 Å². The van der Waals surface area contributed by atoms with E-state index in [-0.39, 0.29) is 22.3 Å². The Bertz CT molecular complexity index is 587. The fourth-order valence-corrected chi connectivity index (χ4v) is 1.74. The molecule has 0 saturated carbocycles. The van der Waals surface area contributed by atoms with Crippen molar-refractivity contribution in [3.63, 3.8) is 0 Å². The van der Waals surface area contributed by atoms with Gasteiger partial charge in [0.15, 0.2) is 0 Å². The fraction of sp³-hybridized carbons (Fsp3) is 0.286. The molecule has 0 fully saturated rings. The van der Waals surface area contributed by atoms with Crippen molar-refractivity contribution in [2.45, 2.75) is 12.1 Å². The van der Waals surface area contributed by atoms with Gasteiger partial charge in [-0.2, -0.15) is 9.50 Å². The molecule has 0 spiro atoms. The quantitative estimate of drug-likeness (QED) is 0.693. The monoisotopic (exact) mass is 227 g/mol. The van der Waals surface area contributed by atoms with Gasteiger partial charge in [-0.15, -0.1) is 5.10 Å². The van der Waals surface area contributed by atoms with Gasteiger partial charge in [0.2, 0.25) is 10.9 Å². The van der Waals surface area contributed by atoms with Crippen LogP contribution in [0.3, 0.4) is 0 Å². The predicted molar refractivity (Wildman–Crippen MR) is 55.0 cm³/mol. The zero-order valence-electron chi connectivity index (χ0n) is 7.93. The van der Waals surface area contributed by atoms with Crippen molar-refractivity contribution in [2.75, 3.05) is 11.5 Å². The van der Waals surface area contributed by atoms with E-state index in [1.54, 1.807) is 6.92 Å². The Kier molecular flexibility index (Phi) is 2.27. The molecule has 1 atom stereocenters. The van der Waals surface area contributed by atoms with Crippen LogP contribution >= 0.6 is 0 Å². The van der Waals surface area contributed by atoms with E-state index >= 15 is 0 Å². The van der Waals surface area contributed by atoms with Crippen LogP contribution in [-0.2, 0) is 10.8 Å². The Labute approximate surface area is 86.8 Å². The maximum absolute atomic E-state index is 11.4. The minimum atomic E-state index is -1.26. The first-order valence-electron chi connectivity index (χ1n) is 4.25. The van der Waals surface area contributed by atoms with Gasteiger partial charge in [-0.25, -0.2) is 0 Å². The number of rotatable bonds is 2. The molecule has 2 aromatic heterocycles. The molecule has 2 aromatic rings. The van der Waals surface area contributed by atoms with E-state index in [9.17, 15) is 9.00 Å². The Morgan fingerprint density at radius 3 is 3.07 bits per heavy atom. The van der Waals surface area contributed by atoms with Crippen LogP contribution in [0.5, 0.6) is 0 Å². The summed E-state index contributed by atoms with van der Waals surface area (Å²) in [6.07, 6.45) is 0. The van der Waals surface area contributed by atoms with Gasteiger partial charge in [-0.05, 0) is 0 Å². The molecular formula is C7H9N5O2S. The van der Waals surface area contributed by atoms with Crippen LogP contribution in [0.25, 0.3) is 5.78 Å². The van der Waals surface area contributed by atoms with Gasteiger partial charge in [0.05, 0.1) is 10.8 Å². The third-order valence-corrected chi connectivity index (χ3v) is 2.92. The van der Waals surface area contributed by atoms with E-state index in [4.69, 9.17) is 5.73 Å². The molecule has 80 valence electrons. The van der Waals surface area contributed by atoms with Crippen molar-refractivity contribution < 1.29 is 4.21 Å². The van der Waals surface area contributed by atoms with Crippen LogP contribution in [0.4, 0.5) is 5.82 Å². The van der Waals surface area contributed by atoms with Crippen molar-refractivity contribution in [3.8, 4) is 0 Å². The molecule has 2 rings (SSSR count). The molecule has 3 N–H and O–H groups in total. The summed E-state index contributed by atoms with van der Waals surface area (Å²) in [6, 6.07) is 1.19.